The van der Waals surface area contributed by atoms with Crippen LogP contribution in [0, 0.1) is 12.7 Å². The van der Waals surface area contributed by atoms with Crippen LogP contribution in [0.15, 0.2) is 23.1 Å². The highest BCUT2D eigenvalue weighted by Gasteiger charge is 2.26. The SMILES string of the molecule is Cc1nc([C@@H]2CCOC2)n(-c2cc(S(N)(=O)=O)ccc2F)n1. The maximum Gasteiger partial charge on any atom is 0.238 e. The van der Waals surface area contributed by atoms with E-state index in [1.807, 2.05) is 0 Å². The molecule has 1 aliphatic rings. The highest BCUT2D eigenvalue weighted by molar-refractivity contribution is 7.89. The van der Waals surface area contributed by atoms with Crippen LogP contribution in [0.3, 0.4) is 0 Å². The predicted molar refractivity (Wildman–Crippen MR) is 75.6 cm³/mol. The van der Waals surface area contributed by atoms with Gasteiger partial charge in [0.1, 0.15) is 23.2 Å². The number of sulfonamides is 1. The van der Waals surface area contributed by atoms with Crippen LogP contribution in [0.25, 0.3) is 5.69 Å². The third kappa shape index (κ3) is 2.74. The molecule has 9 heteroatoms. The van der Waals surface area contributed by atoms with Gasteiger partial charge < -0.3 is 4.74 Å². The van der Waals surface area contributed by atoms with Crippen molar-refractivity contribution in [2.75, 3.05) is 13.2 Å². The zero-order chi connectivity index (χ0) is 15.9. The molecule has 1 aliphatic heterocycles. The van der Waals surface area contributed by atoms with Crippen LogP contribution in [-0.4, -0.2) is 36.4 Å². The first-order valence-electron chi connectivity index (χ1n) is 6.70. The van der Waals surface area contributed by atoms with Crippen LogP contribution in [-0.2, 0) is 14.8 Å². The summed E-state index contributed by atoms with van der Waals surface area (Å²) < 4.78 is 43.8. The van der Waals surface area contributed by atoms with Crippen LogP contribution in [0.2, 0.25) is 0 Å². The molecule has 0 amide bonds. The fourth-order valence-corrected chi connectivity index (χ4v) is 2.98. The van der Waals surface area contributed by atoms with Gasteiger partial charge in [0.25, 0.3) is 0 Å². The quantitative estimate of drug-likeness (QED) is 0.902. The number of nitrogens with two attached hydrogens (primary N) is 1. The topological polar surface area (TPSA) is 100 Å². The maximum atomic E-state index is 14.2. The highest BCUT2D eigenvalue weighted by atomic mass is 32.2. The van der Waals surface area contributed by atoms with Gasteiger partial charge in [-0.1, -0.05) is 0 Å². The van der Waals surface area contributed by atoms with Crippen molar-refractivity contribution in [1.82, 2.24) is 14.8 Å². The van der Waals surface area contributed by atoms with Crippen molar-refractivity contribution in [2.45, 2.75) is 24.2 Å². The minimum atomic E-state index is -3.93. The van der Waals surface area contributed by atoms with Gasteiger partial charge >= 0.3 is 0 Å². The Bertz CT molecular complexity index is 813. The van der Waals surface area contributed by atoms with Gasteiger partial charge in [-0.25, -0.2) is 27.6 Å². The number of ether oxygens (including phenoxy) is 1. The molecule has 2 aromatic rings. The molecular weight excluding hydrogens is 311 g/mol. The average Bonchev–Trinajstić information content (AvgIpc) is 3.06. The molecule has 118 valence electrons. The number of benzene rings is 1. The predicted octanol–water partition coefficient (Wildman–Crippen LogP) is 0.866. The third-order valence-corrected chi connectivity index (χ3v) is 4.42. The number of hydrogen-bond acceptors (Lipinski definition) is 5. The molecule has 22 heavy (non-hydrogen) atoms. The molecule has 0 saturated carbocycles. The lowest BCUT2D eigenvalue weighted by Gasteiger charge is -2.11. The van der Waals surface area contributed by atoms with Crippen molar-refractivity contribution in [3.05, 3.63) is 35.7 Å². The maximum absolute atomic E-state index is 14.2. The Hall–Kier alpha value is -1.84. The zero-order valence-electron chi connectivity index (χ0n) is 11.9. The first-order valence-corrected chi connectivity index (χ1v) is 8.25. The van der Waals surface area contributed by atoms with Gasteiger partial charge in [-0.2, -0.15) is 5.10 Å². The van der Waals surface area contributed by atoms with E-state index in [2.05, 4.69) is 10.1 Å². The van der Waals surface area contributed by atoms with Crippen LogP contribution in [0.5, 0.6) is 0 Å². The minimum absolute atomic E-state index is 0.00117. The number of nitrogens with zero attached hydrogens (tertiary/aromatic N) is 3. The van der Waals surface area contributed by atoms with Crippen LogP contribution in [0.4, 0.5) is 4.39 Å². The molecule has 2 N–H and O–H groups in total. The molecule has 0 bridgehead atoms. The fourth-order valence-electron chi connectivity index (χ4n) is 2.44. The molecule has 0 spiro atoms. The minimum Gasteiger partial charge on any atom is -0.381 e. The lowest BCUT2D eigenvalue weighted by Crippen LogP contribution is -2.15. The lowest BCUT2D eigenvalue weighted by atomic mass is 10.1. The number of primary sulfonamides is 1. The summed E-state index contributed by atoms with van der Waals surface area (Å²) in [5.41, 5.74) is 0.00836. The summed E-state index contributed by atoms with van der Waals surface area (Å²) in [6, 6.07) is 3.34. The summed E-state index contributed by atoms with van der Waals surface area (Å²) in [7, 11) is -3.93. The summed E-state index contributed by atoms with van der Waals surface area (Å²) in [4.78, 5) is 4.15. The van der Waals surface area contributed by atoms with E-state index >= 15 is 0 Å². The van der Waals surface area contributed by atoms with Gasteiger partial charge in [0, 0.05) is 12.5 Å². The molecule has 1 fully saturated rings. The molecular formula is C13H15FN4O3S. The average molecular weight is 326 g/mol. The second-order valence-electron chi connectivity index (χ2n) is 5.15. The van der Waals surface area contributed by atoms with E-state index in [9.17, 15) is 12.8 Å². The molecule has 0 radical (unpaired) electrons. The van der Waals surface area contributed by atoms with E-state index in [-0.39, 0.29) is 16.5 Å². The van der Waals surface area contributed by atoms with E-state index in [0.29, 0.717) is 24.9 Å². The molecule has 1 atom stereocenters. The number of rotatable bonds is 3. The number of hydrogen-bond donors (Lipinski definition) is 1. The van der Waals surface area contributed by atoms with Crippen LogP contribution in [0.1, 0.15) is 24.0 Å². The van der Waals surface area contributed by atoms with E-state index in [4.69, 9.17) is 9.88 Å². The normalized spacial score (nSPS) is 18.8. The fraction of sp³-hybridized carbons (Fsp3) is 0.385. The summed E-state index contributed by atoms with van der Waals surface area (Å²) in [5.74, 6) is 0.430. The second kappa shape index (κ2) is 5.41. The van der Waals surface area contributed by atoms with Gasteiger partial charge in [0.15, 0.2) is 0 Å². The van der Waals surface area contributed by atoms with E-state index in [0.717, 1.165) is 24.6 Å². The van der Waals surface area contributed by atoms with Crippen molar-refractivity contribution >= 4 is 10.0 Å². The van der Waals surface area contributed by atoms with Gasteiger partial charge in [-0.15, -0.1) is 0 Å². The van der Waals surface area contributed by atoms with Crippen molar-refractivity contribution in [1.29, 1.82) is 0 Å². The Morgan fingerprint density at radius 1 is 1.45 bits per heavy atom. The molecule has 3 rings (SSSR count). The van der Waals surface area contributed by atoms with E-state index < -0.39 is 15.8 Å². The van der Waals surface area contributed by atoms with Gasteiger partial charge in [-0.3, -0.25) is 0 Å². The number of aryl methyl sites for hydroxylation is 1. The van der Waals surface area contributed by atoms with Crippen LogP contribution < -0.4 is 5.14 Å². The largest absolute Gasteiger partial charge is 0.381 e. The molecule has 1 aromatic carbocycles. The van der Waals surface area contributed by atoms with Gasteiger partial charge in [0.05, 0.1) is 11.5 Å². The summed E-state index contributed by atoms with van der Waals surface area (Å²) in [6.07, 6.45) is 0.759. The summed E-state index contributed by atoms with van der Waals surface area (Å²) in [6.45, 7) is 2.78. The van der Waals surface area contributed by atoms with E-state index in [1.165, 1.54) is 4.68 Å². The molecule has 0 aliphatic carbocycles. The lowest BCUT2D eigenvalue weighted by molar-refractivity contribution is 0.193. The first-order chi connectivity index (χ1) is 10.4. The second-order valence-corrected chi connectivity index (χ2v) is 6.71. The third-order valence-electron chi connectivity index (χ3n) is 3.51. The van der Waals surface area contributed by atoms with Crippen molar-refractivity contribution < 1.29 is 17.5 Å². The Labute approximate surface area is 127 Å². The molecule has 0 unspecified atom stereocenters. The Kier molecular flexibility index (Phi) is 3.71. The summed E-state index contributed by atoms with van der Waals surface area (Å²) >= 11 is 0. The Morgan fingerprint density at radius 3 is 2.86 bits per heavy atom. The Morgan fingerprint density at radius 2 is 2.23 bits per heavy atom. The highest BCUT2D eigenvalue weighted by Crippen LogP contribution is 2.27. The smallest absolute Gasteiger partial charge is 0.238 e. The van der Waals surface area contributed by atoms with Crippen LogP contribution >= 0.6 is 0 Å². The zero-order valence-corrected chi connectivity index (χ0v) is 12.7. The monoisotopic (exact) mass is 326 g/mol. The summed E-state index contributed by atoms with van der Waals surface area (Å²) in [5, 5.41) is 9.29. The number of halogens is 1. The van der Waals surface area contributed by atoms with Crippen molar-refractivity contribution in [2.24, 2.45) is 5.14 Å². The Balaban J connectivity index is 2.15. The number of aromatic nitrogens is 3. The van der Waals surface area contributed by atoms with E-state index in [1.54, 1.807) is 6.92 Å². The van der Waals surface area contributed by atoms with Gasteiger partial charge in [-0.05, 0) is 31.5 Å². The molecule has 1 saturated heterocycles. The van der Waals surface area contributed by atoms with Crippen molar-refractivity contribution in [3.8, 4) is 5.69 Å². The van der Waals surface area contributed by atoms with Gasteiger partial charge in [0.2, 0.25) is 10.0 Å². The van der Waals surface area contributed by atoms with Crippen molar-refractivity contribution in [3.63, 3.8) is 0 Å². The first kappa shape index (κ1) is 15.1. The molecule has 2 heterocycles. The standard InChI is InChI=1S/C13H15FN4O3S/c1-8-16-13(9-4-5-21-7-9)18(17-8)12-6-10(22(15,19)20)2-3-11(12)14/h2-3,6,9H,4-5,7H2,1H3,(H2,15,19,20)/t9-/m1/s1. The molecule has 7 nitrogen and oxygen atoms in total. The molecule has 1 aromatic heterocycles.